The van der Waals surface area contributed by atoms with Gasteiger partial charge in [-0.05, 0) is 41.7 Å². The Kier molecular flexibility index (Phi) is 10.9. The van der Waals surface area contributed by atoms with E-state index in [4.69, 9.17) is 0 Å². The maximum atomic E-state index is 4.21. The molecule has 2 N–H and O–H groups in total. The second-order valence-electron chi connectivity index (χ2n) is 4.20. The SMILES string of the molecule is CC=CCCNC(=NC)NCC(C)c1ccsc1.I. The molecule has 3 nitrogen and oxygen atoms in total. The van der Waals surface area contributed by atoms with Crippen molar-refractivity contribution < 1.29 is 0 Å². The van der Waals surface area contributed by atoms with Crippen molar-refractivity contribution in [1.29, 1.82) is 0 Å². The Labute approximate surface area is 137 Å². The molecule has 1 aromatic heterocycles. The Morgan fingerprint density at radius 1 is 1.47 bits per heavy atom. The maximum Gasteiger partial charge on any atom is 0.191 e. The molecule has 1 rings (SSSR count). The summed E-state index contributed by atoms with van der Waals surface area (Å²) in [7, 11) is 1.81. The molecule has 0 aromatic carbocycles. The van der Waals surface area contributed by atoms with Crippen molar-refractivity contribution in [2.75, 3.05) is 20.1 Å². The number of hydrogen-bond donors (Lipinski definition) is 2. The average Bonchev–Trinajstić information content (AvgIpc) is 2.91. The highest BCUT2D eigenvalue weighted by Crippen LogP contribution is 2.16. The van der Waals surface area contributed by atoms with Gasteiger partial charge >= 0.3 is 0 Å². The van der Waals surface area contributed by atoms with E-state index in [-0.39, 0.29) is 24.0 Å². The number of halogens is 1. The summed E-state index contributed by atoms with van der Waals surface area (Å²) in [6.07, 6.45) is 5.24. The average molecular weight is 393 g/mol. The lowest BCUT2D eigenvalue weighted by molar-refractivity contribution is 0.701. The van der Waals surface area contributed by atoms with Gasteiger partial charge in [-0.25, -0.2) is 0 Å². The summed E-state index contributed by atoms with van der Waals surface area (Å²) in [4.78, 5) is 4.21. The molecule has 0 radical (unpaired) electrons. The van der Waals surface area contributed by atoms with Crippen LogP contribution < -0.4 is 10.6 Å². The number of thiophene rings is 1. The molecule has 108 valence electrons. The van der Waals surface area contributed by atoms with Gasteiger partial charge < -0.3 is 10.6 Å². The molecule has 0 amide bonds. The van der Waals surface area contributed by atoms with Crippen LogP contribution >= 0.6 is 35.3 Å². The van der Waals surface area contributed by atoms with Crippen LogP contribution in [0.25, 0.3) is 0 Å². The lowest BCUT2D eigenvalue weighted by atomic mass is 10.1. The fourth-order valence-corrected chi connectivity index (χ4v) is 2.37. The largest absolute Gasteiger partial charge is 0.356 e. The molecule has 0 spiro atoms. The van der Waals surface area contributed by atoms with E-state index >= 15 is 0 Å². The molecular weight excluding hydrogens is 369 g/mol. The zero-order valence-corrected chi connectivity index (χ0v) is 15.0. The van der Waals surface area contributed by atoms with Gasteiger partial charge in [-0.15, -0.1) is 24.0 Å². The maximum absolute atomic E-state index is 4.21. The van der Waals surface area contributed by atoms with Gasteiger partial charge in [0, 0.05) is 20.1 Å². The van der Waals surface area contributed by atoms with Crippen molar-refractivity contribution in [1.82, 2.24) is 10.6 Å². The van der Waals surface area contributed by atoms with E-state index in [0.717, 1.165) is 25.5 Å². The van der Waals surface area contributed by atoms with E-state index < -0.39 is 0 Å². The molecule has 0 bridgehead atoms. The summed E-state index contributed by atoms with van der Waals surface area (Å²) >= 11 is 1.75. The normalized spacial score (nSPS) is 13.1. The van der Waals surface area contributed by atoms with Crippen LogP contribution in [0.15, 0.2) is 34.0 Å². The predicted octanol–water partition coefficient (Wildman–Crippen LogP) is 3.60. The van der Waals surface area contributed by atoms with Crippen LogP contribution in [-0.4, -0.2) is 26.1 Å². The van der Waals surface area contributed by atoms with Gasteiger partial charge in [0.2, 0.25) is 0 Å². The molecule has 1 aromatic rings. The van der Waals surface area contributed by atoms with E-state index in [1.54, 1.807) is 18.4 Å². The second kappa shape index (κ2) is 11.3. The number of nitrogens with zero attached hydrogens (tertiary/aromatic N) is 1. The lowest BCUT2D eigenvalue weighted by Gasteiger charge is -2.15. The van der Waals surface area contributed by atoms with Crippen molar-refractivity contribution in [3.63, 3.8) is 0 Å². The van der Waals surface area contributed by atoms with Crippen LogP contribution in [0.3, 0.4) is 0 Å². The number of guanidine groups is 1. The summed E-state index contributed by atoms with van der Waals surface area (Å²) in [6.45, 7) is 6.08. The van der Waals surface area contributed by atoms with Crippen molar-refractivity contribution in [3.05, 3.63) is 34.5 Å². The fraction of sp³-hybridized carbons (Fsp3) is 0.500. The van der Waals surface area contributed by atoms with E-state index in [1.807, 2.05) is 6.92 Å². The first kappa shape index (κ1) is 18.4. The van der Waals surface area contributed by atoms with Gasteiger partial charge in [0.15, 0.2) is 5.96 Å². The number of rotatable bonds is 6. The van der Waals surface area contributed by atoms with Crippen molar-refractivity contribution in [2.45, 2.75) is 26.2 Å². The summed E-state index contributed by atoms with van der Waals surface area (Å²) in [5, 5.41) is 11.0. The minimum absolute atomic E-state index is 0. The highest BCUT2D eigenvalue weighted by atomic mass is 127. The van der Waals surface area contributed by atoms with Gasteiger partial charge in [0.1, 0.15) is 0 Å². The molecule has 5 heteroatoms. The van der Waals surface area contributed by atoms with E-state index in [0.29, 0.717) is 5.92 Å². The smallest absolute Gasteiger partial charge is 0.191 e. The highest BCUT2D eigenvalue weighted by Gasteiger charge is 2.06. The molecule has 1 atom stereocenters. The van der Waals surface area contributed by atoms with Gasteiger partial charge in [0.05, 0.1) is 0 Å². The van der Waals surface area contributed by atoms with Crippen molar-refractivity contribution >= 4 is 41.3 Å². The first-order valence-corrected chi connectivity index (χ1v) is 7.30. The summed E-state index contributed by atoms with van der Waals surface area (Å²) in [6, 6.07) is 2.18. The molecule has 0 aliphatic heterocycles. The number of hydrogen-bond acceptors (Lipinski definition) is 2. The quantitative estimate of drug-likeness (QED) is 0.255. The van der Waals surface area contributed by atoms with Gasteiger partial charge in [-0.1, -0.05) is 19.1 Å². The molecular formula is C14H24IN3S. The second-order valence-corrected chi connectivity index (χ2v) is 4.98. The first-order chi connectivity index (χ1) is 8.77. The minimum atomic E-state index is 0. The van der Waals surface area contributed by atoms with E-state index in [2.05, 4.69) is 51.5 Å². The molecule has 0 fully saturated rings. The molecule has 1 unspecified atom stereocenters. The van der Waals surface area contributed by atoms with Crippen LogP contribution in [0.4, 0.5) is 0 Å². The Morgan fingerprint density at radius 3 is 2.84 bits per heavy atom. The minimum Gasteiger partial charge on any atom is -0.356 e. The Morgan fingerprint density at radius 2 is 2.26 bits per heavy atom. The van der Waals surface area contributed by atoms with Crippen LogP contribution in [0.1, 0.15) is 31.7 Å². The van der Waals surface area contributed by atoms with Crippen molar-refractivity contribution in [3.8, 4) is 0 Å². The highest BCUT2D eigenvalue weighted by molar-refractivity contribution is 14.0. The predicted molar refractivity (Wildman–Crippen MR) is 96.9 cm³/mol. The summed E-state index contributed by atoms with van der Waals surface area (Å²) in [5.74, 6) is 1.38. The van der Waals surface area contributed by atoms with Gasteiger partial charge in [-0.2, -0.15) is 11.3 Å². The molecule has 0 saturated carbocycles. The van der Waals surface area contributed by atoms with Gasteiger partial charge in [-0.3, -0.25) is 4.99 Å². The van der Waals surface area contributed by atoms with E-state index in [9.17, 15) is 0 Å². The zero-order chi connectivity index (χ0) is 13.2. The number of allylic oxidation sites excluding steroid dienone is 1. The zero-order valence-electron chi connectivity index (χ0n) is 11.8. The van der Waals surface area contributed by atoms with E-state index in [1.165, 1.54) is 5.56 Å². The first-order valence-electron chi connectivity index (χ1n) is 6.35. The lowest BCUT2D eigenvalue weighted by Crippen LogP contribution is -2.39. The molecule has 0 aliphatic carbocycles. The third-order valence-corrected chi connectivity index (χ3v) is 3.45. The van der Waals surface area contributed by atoms with Crippen LogP contribution in [-0.2, 0) is 0 Å². The van der Waals surface area contributed by atoms with Crippen LogP contribution in [0.5, 0.6) is 0 Å². The number of nitrogens with one attached hydrogen (secondary N) is 2. The standard InChI is InChI=1S/C14H23N3S.HI/c1-4-5-6-8-16-14(15-3)17-10-12(2)13-7-9-18-11-13;/h4-5,7,9,11-12H,6,8,10H2,1-3H3,(H2,15,16,17);1H. The summed E-state index contributed by atoms with van der Waals surface area (Å²) in [5.41, 5.74) is 1.39. The third-order valence-electron chi connectivity index (χ3n) is 2.75. The fourth-order valence-electron chi connectivity index (χ4n) is 1.58. The summed E-state index contributed by atoms with van der Waals surface area (Å²) < 4.78 is 0. The molecule has 19 heavy (non-hydrogen) atoms. The van der Waals surface area contributed by atoms with Gasteiger partial charge in [0.25, 0.3) is 0 Å². The Hall–Kier alpha value is -0.560. The topological polar surface area (TPSA) is 36.4 Å². The molecule has 0 saturated heterocycles. The Bertz CT molecular complexity index is 374. The third kappa shape index (κ3) is 7.57. The Balaban J connectivity index is 0.00000324. The molecule has 0 aliphatic rings. The van der Waals surface area contributed by atoms with Crippen LogP contribution in [0.2, 0.25) is 0 Å². The van der Waals surface area contributed by atoms with Crippen molar-refractivity contribution in [2.24, 2.45) is 4.99 Å². The number of aliphatic imine (C=N–C) groups is 1. The van der Waals surface area contributed by atoms with Crippen LogP contribution in [0, 0.1) is 0 Å². The molecule has 1 heterocycles. The monoisotopic (exact) mass is 393 g/mol.